The number of benzene rings is 1. The highest BCUT2D eigenvalue weighted by atomic mass is 32.2. The van der Waals surface area contributed by atoms with Gasteiger partial charge < -0.3 is 10.4 Å². The van der Waals surface area contributed by atoms with E-state index in [0.717, 1.165) is 11.3 Å². The summed E-state index contributed by atoms with van der Waals surface area (Å²) < 4.78 is 57.4. The van der Waals surface area contributed by atoms with E-state index in [-0.39, 0.29) is 15.7 Å². The van der Waals surface area contributed by atoms with E-state index >= 15 is 0 Å². The molecule has 0 saturated carbocycles. The molecule has 1 aromatic carbocycles. The highest BCUT2D eigenvalue weighted by Gasteiger charge is 2.33. The third-order valence-electron chi connectivity index (χ3n) is 3.11. The van der Waals surface area contributed by atoms with E-state index in [9.17, 15) is 26.4 Å². The van der Waals surface area contributed by atoms with Crippen molar-refractivity contribution in [2.24, 2.45) is 0 Å². The number of nitrogens with zero attached hydrogens (tertiary/aromatic N) is 1. The minimum atomic E-state index is -4.96. The zero-order chi connectivity index (χ0) is 20.2. The molecule has 0 unspecified atom stereocenters. The zero-order valence-electron chi connectivity index (χ0n) is 13.3. The molecule has 0 bridgehead atoms. The number of sulfonamides is 1. The number of aliphatic carboxylic acids is 1. The number of carbonyl (C=O) groups excluding carboxylic acids is 1. The lowest BCUT2D eigenvalue weighted by molar-refractivity contribution is -0.138. The first kappa shape index (κ1) is 20.8. The summed E-state index contributed by atoms with van der Waals surface area (Å²) in [5, 5.41) is 10.4. The van der Waals surface area contributed by atoms with Crippen molar-refractivity contribution in [1.82, 2.24) is 4.98 Å². The summed E-state index contributed by atoms with van der Waals surface area (Å²) in [5.41, 5.74) is 0.104. The van der Waals surface area contributed by atoms with Gasteiger partial charge in [-0.05, 0) is 24.3 Å². The van der Waals surface area contributed by atoms with Crippen LogP contribution in [-0.4, -0.2) is 48.6 Å². The molecule has 146 valence electrons. The highest BCUT2D eigenvalue weighted by Crippen LogP contribution is 2.20. The van der Waals surface area contributed by atoms with Crippen molar-refractivity contribution in [3.05, 3.63) is 35.8 Å². The smallest absolute Gasteiger partial charge is 0.324 e. The summed E-state index contributed by atoms with van der Waals surface area (Å²) in [5.74, 6) is -2.86. The Bertz CT molecular complexity index is 1030. The number of hydrogen-bond acceptors (Lipinski definition) is 8. The maximum Gasteiger partial charge on any atom is 0.324 e. The normalized spacial score (nSPS) is 12.9. The van der Waals surface area contributed by atoms with E-state index in [4.69, 9.17) is 9.66 Å². The van der Waals surface area contributed by atoms with Crippen LogP contribution in [0.4, 0.5) is 10.8 Å². The van der Waals surface area contributed by atoms with Crippen molar-refractivity contribution in [3.63, 3.8) is 0 Å². The lowest BCUT2D eigenvalue weighted by Gasteiger charge is -2.10. The van der Waals surface area contributed by atoms with E-state index in [0.29, 0.717) is 0 Å². The maximum atomic E-state index is 12.2. The Labute approximate surface area is 157 Å². The number of carbonyl (C=O) groups is 2. The summed E-state index contributed by atoms with van der Waals surface area (Å²) >= 11 is 1.09. The molecule has 2 rings (SSSR count). The number of rotatable bonds is 8. The number of carboxylic acid groups (broad SMARTS) is 1. The molecule has 1 atom stereocenters. The van der Waals surface area contributed by atoms with Crippen LogP contribution >= 0.6 is 11.3 Å². The molecular formula is C13H13N3O8S3. The molecule has 0 aliphatic carbocycles. The zero-order valence-corrected chi connectivity index (χ0v) is 15.7. The molecule has 0 fully saturated rings. The second kappa shape index (κ2) is 7.99. The molecule has 0 aliphatic heterocycles. The Hall–Kier alpha value is -2.55. The number of carboxylic acids is 1. The minimum Gasteiger partial charge on any atom is -0.480 e. The van der Waals surface area contributed by atoms with E-state index in [2.05, 4.69) is 15.0 Å². The third kappa shape index (κ3) is 5.72. The van der Waals surface area contributed by atoms with Crippen LogP contribution in [0.25, 0.3) is 0 Å². The SMILES string of the molecule is O=C(C[C@@H](C(=O)O)S(=O)(=O)O)Nc1ccc(S(=O)(=O)Nc2nccs2)cc1. The van der Waals surface area contributed by atoms with E-state index in [1.165, 1.54) is 30.5 Å². The van der Waals surface area contributed by atoms with Gasteiger partial charge in [0, 0.05) is 17.3 Å². The first-order chi connectivity index (χ1) is 12.5. The molecule has 1 aromatic heterocycles. The van der Waals surface area contributed by atoms with E-state index < -0.39 is 43.7 Å². The minimum absolute atomic E-state index is 0.104. The topological polar surface area (TPSA) is 180 Å². The molecule has 0 spiro atoms. The molecule has 1 heterocycles. The fraction of sp³-hybridized carbons (Fsp3) is 0.154. The van der Waals surface area contributed by atoms with Crippen molar-refractivity contribution < 1.29 is 36.1 Å². The van der Waals surface area contributed by atoms with Gasteiger partial charge in [0.05, 0.1) is 11.3 Å². The van der Waals surface area contributed by atoms with Gasteiger partial charge in [-0.25, -0.2) is 13.4 Å². The first-order valence-electron chi connectivity index (χ1n) is 7.00. The van der Waals surface area contributed by atoms with Gasteiger partial charge in [0.1, 0.15) is 0 Å². The van der Waals surface area contributed by atoms with Crippen LogP contribution in [-0.2, 0) is 29.7 Å². The summed E-state index contributed by atoms with van der Waals surface area (Å²) in [6.07, 6.45) is 0.415. The van der Waals surface area contributed by atoms with Crippen LogP contribution in [0, 0.1) is 0 Å². The van der Waals surface area contributed by atoms with Crippen LogP contribution in [0.5, 0.6) is 0 Å². The molecule has 1 amide bonds. The average molecular weight is 435 g/mol. The molecule has 27 heavy (non-hydrogen) atoms. The molecule has 14 heteroatoms. The maximum absolute atomic E-state index is 12.2. The van der Waals surface area contributed by atoms with Crippen LogP contribution in [0.2, 0.25) is 0 Å². The molecular weight excluding hydrogens is 422 g/mol. The van der Waals surface area contributed by atoms with Gasteiger partial charge in [0.25, 0.3) is 20.1 Å². The lowest BCUT2D eigenvalue weighted by Crippen LogP contribution is -2.33. The Morgan fingerprint density at radius 3 is 2.26 bits per heavy atom. The van der Waals surface area contributed by atoms with Crippen LogP contribution < -0.4 is 10.0 Å². The second-order valence-corrected chi connectivity index (χ2v) is 9.24. The van der Waals surface area contributed by atoms with E-state index in [1.54, 1.807) is 5.38 Å². The van der Waals surface area contributed by atoms with Crippen LogP contribution in [0.1, 0.15) is 6.42 Å². The molecule has 0 aliphatic rings. The second-order valence-electron chi connectivity index (χ2n) is 5.06. The Morgan fingerprint density at radius 1 is 1.15 bits per heavy atom. The average Bonchev–Trinajstić information content (AvgIpc) is 3.04. The Balaban J connectivity index is 2.07. The summed E-state index contributed by atoms with van der Waals surface area (Å²) in [4.78, 5) is 26.3. The molecule has 0 saturated heterocycles. The molecule has 2 aromatic rings. The molecule has 0 radical (unpaired) electrons. The number of aromatic nitrogens is 1. The van der Waals surface area contributed by atoms with Crippen molar-refractivity contribution in [1.29, 1.82) is 0 Å². The largest absolute Gasteiger partial charge is 0.480 e. The predicted molar refractivity (Wildman–Crippen MR) is 95.6 cm³/mol. The van der Waals surface area contributed by atoms with Crippen molar-refractivity contribution >= 4 is 54.2 Å². The first-order valence-corrected chi connectivity index (χ1v) is 10.9. The van der Waals surface area contributed by atoms with Gasteiger partial charge >= 0.3 is 5.97 Å². The predicted octanol–water partition coefficient (Wildman–Crippen LogP) is 0.614. The number of amides is 1. The van der Waals surface area contributed by atoms with Gasteiger partial charge in [-0.3, -0.25) is 18.9 Å². The number of thiazole rings is 1. The van der Waals surface area contributed by atoms with Gasteiger partial charge in [-0.2, -0.15) is 8.42 Å². The van der Waals surface area contributed by atoms with Crippen molar-refractivity contribution in [2.75, 3.05) is 10.0 Å². The Morgan fingerprint density at radius 2 is 1.78 bits per heavy atom. The fourth-order valence-electron chi connectivity index (χ4n) is 1.87. The third-order valence-corrected chi connectivity index (χ3v) is 6.37. The van der Waals surface area contributed by atoms with E-state index in [1.807, 2.05) is 0 Å². The lowest BCUT2D eigenvalue weighted by atomic mass is 10.2. The standard InChI is InChI=1S/C13H13N3O8S3/c17-11(7-10(12(18)19)27(22,23)24)15-8-1-3-9(4-2-8)26(20,21)16-13-14-5-6-25-13/h1-6,10H,7H2,(H,14,16)(H,15,17)(H,18,19)(H,22,23,24)/t10-/m0/s1. The van der Waals surface area contributed by atoms with Gasteiger partial charge in [-0.15, -0.1) is 11.3 Å². The Kier molecular flexibility index (Phi) is 6.15. The number of hydrogen-bond donors (Lipinski definition) is 4. The number of anilines is 2. The molecule has 4 N–H and O–H groups in total. The van der Waals surface area contributed by atoms with Gasteiger partial charge in [0.2, 0.25) is 5.91 Å². The quantitative estimate of drug-likeness (QED) is 0.432. The summed E-state index contributed by atoms with van der Waals surface area (Å²) in [6.45, 7) is 0. The van der Waals surface area contributed by atoms with Crippen LogP contribution in [0.3, 0.4) is 0 Å². The van der Waals surface area contributed by atoms with Gasteiger partial charge in [-0.1, -0.05) is 0 Å². The van der Waals surface area contributed by atoms with Crippen LogP contribution in [0.15, 0.2) is 40.7 Å². The van der Waals surface area contributed by atoms with Crippen molar-refractivity contribution in [2.45, 2.75) is 16.6 Å². The fourth-order valence-corrected chi connectivity index (χ4v) is 4.27. The van der Waals surface area contributed by atoms with Crippen molar-refractivity contribution in [3.8, 4) is 0 Å². The molecule has 11 nitrogen and oxygen atoms in total. The summed E-state index contributed by atoms with van der Waals surface area (Å²) in [6, 6.07) is 4.83. The monoisotopic (exact) mass is 435 g/mol. The number of nitrogens with one attached hydrogen (secondary N) is 2. The highest BCUT2D eigenvalue weighted by molar-refractivity contribution is 7.93. The van der Waals surface area contributed by atoms with Gasteiger partial charge in [0.15, 0.2) is 10.4 Å². The summed E-state index contributed by atoms with van der Waals surface area (Å²) in [7, 11) is -8.84.